The molecule has 0 atom stereocenters. The average molecular weight is 809 g/mol. The molecule has 0 spiro atoms. The fraction of sp³-hybridized carbons (Fsp3) is 0.0164. The minimum atomic E-state index is -0.122. The zero-order valence-corrected chi connectivity index (χ0v) is 34.5. The van der Waals surface area contributed by atoms with Gasteiger partial charge < -0.3 is 9.47 Å². The third kappa shape index (κ3) is 7.60. The van der Waals surface area contributed by atoms with E-state index in [4.69, 9.17) is 0 Å². The Bertz CT molecular complexity index is 3540. The lowest BCUT2D eigenvalue weighted by Gasteiger charge is -2.26. The van der Waals surface area contributed by atoms with Crippen LogP contribution in [0.2, 0.25) is 0 Å². The van der Waals surface area contributed by atoms with Gasteiger partial charge in [0.05, 0.1) is 5.48 Å². The van der Waals surface area contributed by atoms with E-state index in [0.29, 0.717) is 17.8 Å². The molecule has 10 aromatic carbocycles. The van der Waals surface area contributed by atoms with Crippen molar-refractivity contribution in [3.8, 4) is 55.6 Å². The zero-order chi connectivity index (χ0) is 45.4. The van der Waals surface area contributed by atoms with Gasteiger partial charge in [-0.1, -0.05) is 188 Å². The first-order chi connectivity index (χ1) is 32.9. The number of nitrogens with zero attached hydrogens (tertiary/aromatic N) is 2. The van der Waals surface area contributed by atoms with Gasteiger partial charge in [-0.15, -0.1) is 0 Å². The second-order valence-corrected chi connectivity index (χ2v) is 15.9. The van der Waals surface area contributed by atoms with Crippen LogP contribution in [0.5, 0.6) is 0 Å². The maximum atomic E-state index is 9.68. The maximum absolute atomic E-state index is 9.68. The van der Waals surface area contributed by atoms with Crippen molar-refractivity contribution in [1.29, 1.82) is 0 Å². The van der Waals surface area contributed by atoms with Crippen LogP contribution in [0.25, 0.3) is 77.4 Å². The minimum absolute atomic E-state index is 0.0999. The van der Waals surface area contributed by atoms with Crippen LogP contribution < -0.4 is 4.90 Å². The van der Waals surface area contributed by atoms with Gasteiger partial charge >= 0.3 is 0 Å². The topological polar surface area (TPSA) is 8.17 Å². The Kier molecular flexibility index (Phi) is 8.88. The van der Waals surface area contributed by atoms with E-state index in [1.165, 1.54) is 11.1 Å². The van der Waals surface area contributed by atoms with Gasteiger partial charge in [0.1, 0.15) is 0 Å². The smallest absolute Gasteiger partial charge is 0.0645 e. The Hall–Kier alpha value is -8.20. The van der Waals surface area contributed by atoms with E-state index in [2.05, 4.69) is 138 Å². The predicted molar refractivity (Wildman–Crippen MR) is 267 cm³/mol. The number of para-hydroxylation sites is 1. The summed E-state index contributed by atoms with van der Waals surface area (Å²) in [5.74, 6) is 0. The minimum Gasteiger partial charge on any atom is -0.336 e. The van der Waals surface area contributed by atoms with E-state index in [0.717, 1.165) is 66.4 Å². The molecule has 0 bridgehead atoms. The van der Waals surface area contributed by atoms with Crippen LogP contribution in [0.15, 0.2) is 255 Å². The van der Waals surface area contributed by atoms with Gasteiger partial charge in [0.15, 0.2) is 0 Å². The molecular formula is C61H44N2. The van der Waals surface area contributed by atoms with Gasteiger partial charge in [0, 0.05) is 45.4 Å². The molecule has 0 amide bonds. The van der Waals surface area contributed by atoms with Crippen LogP contribution in [0.1, 0.15) is 11.0 Å². The Morgan fingerprint density at radius 1 is 0.302 bits per heavy atom. The van der Waals surface area contributed by atoms with Gasteiger partial charge in [-0.05, 0) is 128 Å². The lowest BCUT2D eigenvalue weighted by atomic mass is 9.98. The summed E-state index contributed by atoms with van der Waals surface area (Å²) in [6.07, 6.45) is 0. The summed E-state index contributed by atoms with van der Waals surface area (Å²) in [6.45, 7) is 0.656. The van der Waals surface area contributed by atoms with Crippen LogP contribution in [-0.2, 0) is 6.54 Å². The number of anilines is 3. The quantitative estimate of drug-likeness (QED) is 0.134. The van der Waals surface area contributed by atoms with E-state index in [1.54, 1.807) is 0 Å². The molecule has 0 aliphatic heterocycles. The van der Waals surface area contributed by atoms with Crippen molar-refractivity contribution >= 4 is 38.9 Å². The molecule has 0 N–H and O–H groups in total. The summed E-state index contributed by atoms with van der Waals surface area (Å²) < 4.78 is 40.9. The Balaban J connectivity index is 0.999. The summed E-state index contributed by atoms with van der Waals surface area (Å²) in [5, 5.41) is 2.05. The van der Waals surface area contributed by atoms with E-state index in [9.17, 15) is 5.48 Å². The normalized spacial score (nSPS) is 12.1. The lowest BCUT2D eigenvalue weighted by Crippen LogP contribution is -2.09. The van der Waals surface area contributed by atoms with Crippen molar-refractivity contribution in [3.05, 3.63) is 260 Å². The molecule has 0 fully saturated rings. The number of hydrogen-bond donors (Lipinski definition) is 0. The van der Waals surface area contributed by atoms with Crippen LogP contribution in [0.3, 0.4) is 0 Å². The summed E-state index contributed by atoms with van der Waals surface area (Å²) in [7, 11) is 0. The third-order valence-electron chi connectivity index (χ3n) is 11.9. The van der Waals surface area contributed by atoms with Gasteiger partial charge in [0.25, 0.3) is 0 Å². The van der Waals surface area contributed by atoms with Crippen LogP contribution in [0.4, 0.5) is 17.1 Å². The monoisotopic (exact) mass is 808 g/mol. The maximum Gasteiger partial charge on any atom is 0.0645 e. The molecule has 2 heteroatoms. The number of rotatable bonds is 10. The molecule has 0 saturated heterocycles. The standard InChI is InChI=1S/C61H44N2/c1-4-15-45(16-5-1)48-26-33-55(34-27-48)63(56-35-28-49(29-36-56)53-23-13-22-52(41-53)47-19-8-3-9-20-47)57-37-30-50(31-38-57)54-32-39-61-59(42-54)58-24-10-11-25-60(58)62(61)43-44-14-12-21-51(40-44)46-17-6-2-7-18-46/h1-42H,43H2/i30D,31D,37D,38D. The molecule has 0 aliphatic carbocycles. The fourth-order valence-electron chi connectivity index (χ4n) is 8.76. The Labute approximate surface area is 374 Å². The Morgan fingerprint density at radius 2 is 0.730 bits per heavy atom. The molecule has 0 aliphatic rings. The molecule has 11 rings (SSSR count). The first kappa shape index (κ1) is 33.5. The summed E-state index contributed by atoms with van der Waals surface area (Å²) >= 11 is 0. The van der Waals surface area contributed by atoms with E-state index in [1.807, 2.05) is 102 Å². The van der Waals surface area contributed by atoms with Gasteiger partial charge in [-0.25, -0.2) is 0 Å². The molecule has 63 heavy (non-hydrogen) atoms. The lowest BCUT2D eigenvalue weighted by molar-refractivity contribution is 0.869. The first-order valence-corrected chi connectivity index (χ1v) is 21.4. The molecule has 0 saturated carbocycles. The van der Waals surface area contributed by atoms with E-state index < -0.39 is 0 Å². The van der Waals surface area contributed by atoms with Gasteiger partial charge in [-0.3, -0.25) is 0 Å². The number of hydrogen-bond acceptors (Lipinski definition) is 1. The fourth-order valence-corrected chi connectivity index (χ4v) is 8.76. The molecule has 298 valence electrons. The van der Waals surface area contributed by atoms with Crippen molar-refractivity contribution in [2.24, 2.45) is 0 Å². The molecule has 1 aromatic heterocycles. The number of fused-ring (bicyclic) bond motifs is 3. The molecule has 0 unspecified atom stereocenters. The summed E-state index contributed by atoms with van der Waals surface area (Å²) in [6, 6.07) is 78.1. The van der Waals surface area contributed by atoms with Crippen LogP contribution in [-0.4, -0.2) is 4.57 Å². The second-order valence-electron chi connectivity index (χ2n) is 15.9. The number of aromatic nitrogens is 1. The van der Waals surface area contributed by atoms with Crippen molar-refractivity contribution < 1.29 is 5.48 Å². The summed E-state index contributed by atoms with van der Waals surface area (Å²) in [5.41, 5.74) is 14.6. The van der Waals surface area contributed by atoms with Crippen molar-refractivity contribution in [2.45, 2.75) is 6.54 Å². The molecule has 11 aromatic rings. The van der Waals surface area contributed by atoms with Crippen LogP contribution >= 0.6 is 0 Å². The molecular weight excluding hydrogens is 761 g/mol. The van der Waals surface area contributed by atoms with Gasteiger partial charge in [0.2, 0.25) is 0 Å². The third-order valence-corrected chi connectivity index (χ3v) is 11.9. The SMILES string of the molecule is [2H]c1c([2H])c(N(c2ccc(-c3ccccc3)cc2)c2ccc(-c3cccc(-c4ccccc4)c3)cc2)c([2H])c([2H])c1-c1ccc2c(c1)c1ccccc1n2Cc1cccc(-c2ccccc2)c1. The van der Waals surface area contributed by atoms with Crippen molar-refractivity contribution in [1.82, 2.24) is 4.57 Å². The summed E-state index contributed by atoms with van der Waals surface area (Å²) in [4.78, 5) is 1.85. The Morgan fingerprint density at radius 3 is 1.33 bits per heavy atom. The van der Waals surface area contributed by atoms with Crippen LogP contribution in [0, 0.1) is 0 Å². The van der Waals surface area contributed by atoms with Crippen molar-refractivity contribution in [2.75, 3.05) is 4.90 Å². The average Bonchev–Trinajstić information content (AvgIpc) is 3.70. The van der Waals surface area contributed by atoms with E-state index >= 15 is 0 Å². The first-order valence-electron chi connectivity index (χ1n) is 23.4. The predicted octanol–water partition coefficient (Wildman–Crippen LogP) is 16.6. The number of benzene rings is 10. The van der Waals surface area contributed by atoms with Crippen molar-refractivity contribution in [3.63, 3.8) is 0 Å². The van der Waals surface area contributed by atoms with E-state index in [-0.39, 0.29) is 35.4 Å². The highest BCUT2D eigenvalue weighted by Gasteiger charge is 2.16. The zero-order valence-electron chi connectivity index (χ0n) is 38.5. The van der Waals surface area contributed by atoms with Gasteiger partial charge in [-0.2, -0.15) is 0 Å². The highest BCUT2D eigenvalue weighted by Crippen LogP contribution is 2.39. The highest BCUT2D eigenvalue weighted by molar-refractivity contribution is 6.09. The molecule has 1 heterocycles. The molecule has 2 nitrogen and oxygen atoms in total. The highest BCUT2D eigenvalue weighted by atomic mass is 15.1. The largest absolute Gasteiger partial charge is 0.336 e. The molecule has 0 radical (unpaired) electrons. The second kappa shape index (κ2) is 16.7.